The monoisotopic (exact) mass is 209 g/mol. The zero-order valence-electron chi connectivity index (χ0n) is 8.99. The van der Waals surface area contributed by atoms with E-state index in [0.717, 1.165) is 0 Å². The fourth-order valence-corrected chi connectivity index (χ4v) is 1.97. The number of rotatable bonds is 3. The Morgan fingerprint density at radius 3 is 2.67 bits per heavy atom. The number of aromatic carboxylic acids is 1. The largest absolute Gasteiger partial charge is 0.476 e. The van der Waals surface area contributed by atoms with E-state index in [1.807, 2.05) is 0 Å². The van der Waals surface area contributed by atoms with Crippen LogP contribution in [0.3, 0.4) is 0 Å². The number of nitrogens with zero attached hydrogens (tertiary/aromatic N) is 1. The van der Waals surface area contributed by atoms with E-state index in [1.165, 1.54) is 25.5 Å². The van der Waals surface area contributed by atoms with Crippen LogP contribution in [0.4, 0.5) is 0 Å². The van der Waals surface area contributed by atoms with Crippen LogP contribution in [0.2, 0.25) is 0 Å². The molecule has 1 aromatic heterocycles. The van der Waals surface area contributed by atoms with E-state index >= 15 is 0 Å². The van der Waals surface area contributed by atoms with Crippen molar-refractivity contribution in [2.75, 3.05) is 0 Å². The molecule has 0 spiro atoms. The van der Waals surface area contributed by atoms with Gasteiger partial charge in [0.05, 0.1) is 0 Å². The van der Waals surface area contributed by atoms with E-state index in [2.05, 4.69) is 18.8 Å². The third kappa shape index (κ3) is 1.64. The van der Waals surface area contributed by atoms with Crippen molar-refractivity contribution >= 4 is 5.97 Å². The molecule has 0 saturated heterocycles. The molecule has 4 heteroatoms. The van der Waals surface area contributed by atoms with E-state index in [-0.39, 0.29) is 11.1 Å². The van der Waals surface area contributed by atoms with Crippen LogP contribution >= 0.6 is 0 Å². The molecule has 4 nitrogen and oxygen atoms in total. The average Bonchev–Trinajstić information content (AvgIpc) is 2.46. The zero-order chi connectivity index (χ0) is 11.1. The van der Waals surface area contributed by atoms with Crippen LogP contribution in [0.25, 0.3) is 0 Å². The maximum absolute atomic E-state index is 10.7. The van der Waals surface area contributed by atoms with Gasteiger partial charge in [0.2, 0.25) is 5.89 Å². The minimum Gasteiger partial charge on any atom is -0.476 e. The lowest BCUT2D eigenvalue weighted by Gasteiger charge is -2.37. The Morgan fingerprint density at radius 1 is 1.60 bits per heavy atom. The third-order valence-corrected chi connectivity index (χ3v) is 3.40. The minimum absolute atomic E-state index is 0.00241. The molecule has 1 aliphatic rings. The second-order valence-electron chi connectivity index (χ2n) is 4.69. The Kier molecular flexibility index (Phi) is 2.29. The fourth-order valence-electron chi connectivity index (χ4n) is 1.97. The first-order valence-corrected chi connectivity index (χ1v) is 5.21. The molecule has 0 bridgehead atoms. The molecule has 82 valence electrons. The molecule has 0 aromatic carbocycles. The summed E-state index contributed by atoms with van der Waals surface area (Å²) in [5.74, 6) is 0.0804. The van der Waals surface area contributed by atoms with Crippen LogP contribution in [0.1, 0.15) is 49.5 Å². The van der Waals surface area contributed by atoms with Crippen LogP contribution in [-0.2, 0) is 5.41 Å². The van der Waals surface area contributed by atoms with Gasteiger partial charge >= 0.3 is 5.97 Å². The van der Waals surface area contributed by atoms with E-state index < -0.39 is 5.97 Å². The molecule has 0 amide bonds. The zero-order valence-corrected chi connectivity index (χ0v) is 8.99. The van der Waals surface area contributed by atoms with Crippen molar-refractivity contribution in [1.29, 1.82) is 0 Å². The molecule has 1 heterocycles. The lowest BCUT2D eigenvalue weighted by Crippen LogP contribution is -2.34. The molecule has 15 heavy (non-hydrogen) atoms. The summed E-state index contributed by atoms with van der Waals surface area (Å²) >= 11 is 0. The summed E-state index contributed by atoms with van der Waals surface area (Å²) in [6.07, 6.45) is 4.83. The van der Waals surface area contributed by atoms with E-state index in [1.54, 1.807) is 0 Å². The molecular formula is C11H15NO3. The van der Waals surface area contributed by atoms with Gasteiger partial charge in [0, 0.05) is 5.41 Å². The van der Waals surface area contributed by atoms with Gasteiger partial charge in [0.15, 0.2) is 5.69 Å². The number of aromatic nitrogens is 1. The Balaban J connectivity index is 2.23. The van der Waals surface area contributed by atoms with Gasteiger partial charge in [-0.1, -0.05) is 20.3 Å². The van der Waals surface area contributed by atoms with Crippen molar-refractivity contribution in [3.8, 4) is 0 Å². The first-order chi connectivity index (χ1) is 7.01. The minimum atomic E-state index is -1.03. The maximum atomic E-state index is 10.7. The first kappa shape index (κ1) is 10.2. The molecule has 1 aromatic rings. The highest BCUT2D eigenvalue weighted by molar-refractivity contribution is 5.84. The molecule has 0 atom stereocenters. The molecule has 0 unspecified atom stereocenters. The van der Waals surface area contributed by atoms with Gasteiger partial charge in [0.1, 0.15) is 6.26 Å². The van der Waals surface area contributed by atoms with Gasteiger partial charge in [-0.15, -0.1) is 0 Å². The summed E-state index contributed by atoms with van der Waals surface area (Å²) in [7, 11) is 0. The summed E-state index contributed by atoms with van der Waals surface area (Å²) < 4.78 is 5.26. The quantitative estimate of drug-likeness (QED) is 0.830. The molecule has 1 N–H and O–H groups in total. The SMILES string of the molecule is CC(C)(c1nc(C(=O)O)co1)C1CCC1. The smallest absolute Gasteiger partial charge is 0.357 e. The number of carbonyl (C=O) groups is 1. The second kappa shape index (κ2) is 3.36. The summed E-state index contributed by atoms with van der Waals surface area (Å²) in [5, 5.41) is 8.75. The molecule has 0 radical (unpaired) electrons. The van der Waals surface area contributed by atoms with Gasteiger partial charge < -0.3 is 9.52 Å². The number of hydrogen-bond donors (Lipinski definition) is 1. The van der Waals surface area contributed by atoms with Crippen molar-refractivity contribution in [2.45, 2.75) is 38.5 Å². The highest BCUT2D eigenvalue weighted by Gasteiger charge is 2.39. The summed E-state index contributed by atoms with van der Waals surface area (Å²) in [5.41, 5.74) is -0.149. The second-order valence-corrected chi connectivity index (χ2v) is 4.69. The molecule has 0 aliphatic heterocycles. The number of carboxylic acid groups (broad SMARTS) is 1. The van der Waals surface area contributed by atoms with Crippen molar-refractivity contribution < 1.29 is 14.3 Å². The van der Waals surface area contributed by atoms with Crippen LogP contribution < -0.4 is 0 Å². The van der Waals surface area contributed by atoms with E-state index in [4.69, 9.17) is 9.52 Å². The molecule has 2 rings (SSSR count). The summed E-state index contributed by atoms with van der Waals surface area (Å²) in [6.45, 7) is 4.13. The Labute approximate surface area is 88.3 Å². The average molecular weight is 209 g/mol. The molecular weight excluding hydrogens is 194 g/mol. The van der Waals surface area contributed by atoms with Crippen molar-refractivity contribution in [3.05, 3.63) is 17.8 Å². The van der Waals surface area contributed by atoms with Crippen molar-refractivity contribution in [3.63, 3.8) is 0 Å². The normalized spacial score (nSPS) is 17.5. The van der Waals surface area contributed by atoms with Crippen molar-refractivity contribution in [1.82, 2.24) is 4.98 Å². The first-order valence-electron chi connectivity index (χ1n) is 5.21. The fraction of sp³-hybridized carbons (Fsp3) is 0.636. The topological polar surface area (TPSA) is 63.3 Å². The van der Waals surface area contributed by atoms with Gasteiger partial charge in [-0.2, -0.15) is 0 Å². The highest BCUT2D eigenvalue weighted by Crippen LogP contribution is 2.43. The highest BCUT2D eigenvalue weighted by atomic mass is 16.4. The Bertz CT molecular complexity index is 377. The van der Waals surface area contributed by atoms with Crippen LogP contribution in [0.15, 0.2) is 10.7 Å². The predicted molar refractivity (Wildman–Crippen MR) is 53.8 cm³/mol. The summed E-state index contributed by atoms with van der Waals surface area (Å²) in [4.78, 5) is 14.7. The van der Waals surface area contributed by atoms with Gasteiger partial charge in [-0.25, -0.2) is 9.78 Å². The summed E-state index contributed by atoms with van der Waals surface area (Å²) in [6, 6.07) is 0. The lowest BCUT2D eigenvalue weighted by molar-refractivity contribution is 0.0690. The lowest BCUT2D eigenvalue weighted by atomic mass is 9.67. The van der Waals surface area contributed by atoms with E-state index in [0.29, 0.717) is 11.8 Å². The van der Waals surface area contributed by atoms with Crippen LogP contribution in [-0.4, -0.2) is 16.1 Å². The van der Waals surface area contributed by atoms with E-state index in [9.17, 15) is 4.79 Å². The number of oxazole rings is 1. The molecule has 1 aliphatic carbocycles. The van der Waals surface area contributed by atoms with Gasteiger partial charge in [-0.3, -0.25) is 0 Å². The van der Waals surface area contributed by atoms with Gasteiger partial charge in [-0.05, 0) is 18.8 Å². The van der Waals surface area contributed by atoms with Crippen LogP contribution in [0, 0.1) is 5.92 Å². The van der Waals surface area contributed by atoms with Crippen LogP contribution in [0.5, 0.6) is 0 Å². The Morgan fingerprint density at radius 2 is 2.27 bits per heavy atom. The predicted octanol–water partition coefficient (Wildman–Crippen LogP) is 2.45. The standard InChI is InChI=1S/C11H15NO3/c1-11(2,7-4-3-5-7)10-12-8(6-15-10)9(13)14/h6-7H,3-5H2,1-2H3,(H,13,14). The Hall–Kier alpha value is -1.32. The molecule has 1 saturated carbocycles. The van der Waals surface area contributed by atoms with Crippen molar-refractivity contribution in [2.24, 2.45) is 5.92 Å². The third-order valence-electron chi connectivity index (χ3n) is 3.40. The number of carboxylic acids is 1. The van der Waals surface area contributed by atoms with Gasteiger partial charge in [0.25, 0.3) is 0 Å². The number of hydrogen-bond acceptors (Lipinski definition) is 3. The molecule has 1 fully saturated rings. The maximum Gasteiger partial charge on any atom is 0.357 e.